The number of ether oxygens (including phenoxy) is 2. The Labute approximate surface area is 115 Å². The Balaban J connectivity index is 3.09. The van der Waals surface area contributed by atoms with E-state index in [1.54, 1.807) is 13.2 Å². The molecule has 0 aliphatic rings. The van der Waals surface area contributed by atoms with Gasteiger partial charge in [-0.05, 0) is 30.7 Å². The monoisotopic (exact) mass is 316 g/mol. The Morgan fingerprint density at radius 3 is 2.67 bits per heavy atom. The summed E-state index contributed by atoms with van der Waals surface area (Å²) in [5, 5.41) is 0. The highest BCUT2D eigenvalue weighted by atomic mass is 79.9. The van der Waals surface area contributed by atoms with Crippen LogP contribution in [-0.4, -0.2) is 32.8 Å². The number of amides is 1. The first-order valence-electron chi connectivity index (χ1n) is 5.54. The predicted octanol–water partition coefficient (Wildman–Crippen LogP) is 1.07. The van der Waals surface area contributed by atoms with Crippen LogP contribution in [0.3, 0.4) is 0 Å². The fraction of sp³-hybridized carbons (Fsp3) is 0.417. The molecule has 0 atom stereocenters. The quantitative estimate of drug-likeness (QED) is 0.737. The SMILES string of the molecule is COCCOc1c(CCN)cc(Br)cc1C(N)=O. The molecule has 1 aromatic rings. The molecule has 6 heteroatoms. The normalized spacial score (nSPS) is 10.4. The lowest BCUT2D eigenvalue weighted by atomic mass is 10.1. The maximum atomic E-state index is 11.4. The van der Waals surface area contributed by atoms with Crippen LogP contribution in [-0.2, 0) is 11.2 Å². The number of nitrogens with two attached hydrogens (primary N) is 2. The predicted molar refractivity (Wildman–Crippen MR) is 72.8 cm³/mol. The van der Waals surface area contributed by atoms with Crippen LogP contribution >= 0.6 is 15.9 Å². The van der Waals surface area contributed by atoms with Crippen molar-refractivity contribution >= 4 is 21.8 Å². The van der Waals surface area contributed by atoms with E-state index in [-0.39, 0.29) is 0 Å². The van der Waals surface area contributed by atoms with E-state index in [1.165, 1.54) is 0 Å². The summed E-state index contributed by atoms with van der Waals surface area (Å²) in [6.45, 7) is 1.27. The number of benzene rings is 1. The Kier molecular flexibility index (Phi) is 6.11. The zero-order chi connectivity index (χ0) is 13.5. The van der Waals surface area contributed by atoms with Crippen LogP contribution in [0.2, 0.25) is 0 Å². The molecule has 0 aliphatic carbocycles. The third kappa shape index (κ3) is 3.97. The van der Waals surface area contributed by atoms with Gasteiger partial charge in [0.2, 0.25) is 0 Å². The minimum atomic E-state index is -0.526. The zero-order valence-electron chi connectivity index (χ0n) is 10.2. The van der Waals surface area contributed by atoms with Gasteiger partial charge < -0.3 is 20.9 Å². The van der Waals surface area contributed by atoms with Crippen molar-refractivity contribution in [3.63, 3.8) is 0 Å². The van der Waals surface area contributed by atoms with Crippen molar-refractivity contribution in [2.45, 2.75) is 6.42 Å². The van der Waals surface area contributed by atoms with Gasteiger partial charge >= 0.3 is 0 Å². The van der Waals surface area contributed by atoms with E-state index >= 15 is 0 Å². The molecule has 18 heavy (non-hydrogen) atoms. The summed E-state index contributed by atoms with van der Waals surface area (Å²) in [6, 6.07) is 3.52. The van der Waals surface area contributed by atoms with Crippen LogP contribution in [0, 0.1) is 0 Å². The lowest BCUT2D eigenvalue weighted by molar-refractivity contribution is 0.0992. The van der Waals surface area contributed by atoms with Crippen LogP contribution in [0.15, 0.2) is 16.6 Å². The maximum absolute atomic E-state index is 11.4. The lowest BCUT2D eigenvalue weighted by Gasteiger charge is -2.14. The minimum Gasteiger partial charge on any atom is -0.490 e. The van der Waals surface area contributed by atoms with Gasteiger partial charge in [-0.15, -0.1) is 0 Å². The van der Waals surface area contributed by atoms with Crippen molar-refractivity contribution in [1.29, 1.82) is 0 Å². The Bertz CT molecular complexity index is 424. The number of carbonyl (C=O) groups excluding carboxylic acids is 1. The number of hydrogen-bond donors (Lipinski definition) is 2. The molecule has 0 aliphatic heterocycles. The van der Waals surface area contributed by atoms with Gasteiger partial charge in [0.25, 0.3) is 5.91 Å². The van der Waals surface area contributed by atoms with E-state index < -0.39 is 5.91 Å². The zero-order valence-corrected chi connectivity index (χ0v) is 11.8. The molecular weight excluding hydrogens is 300 g/mol. The summed E-state index contributed by atoms with van der Waals surface area (Å²) in [4.78, 5) is 11.4. The summed E-state index contributed by atoms with van der Waals surface area (Å²) in [5.74, 6) is -0.0322. The molecule has 0 aromatic heterocycles. The average molecular weight is 317 g/mol. The van der Waals surface area contributed by atoms with Gasteiger partial charge in [0.1, 0.15) is 12.4 Å². The third-order valence-corrected chi connectivity index (χ3v) is 2.80. The molecule has 0 heterocycles. The van der Waals surface area contributed by atoms with E-state index in [2.05, 4.69) is 15.9 Å². The van der Waals surface area contributed by atoms with Crippen LogP contribution in [0.5, 0.6) is 5.75 Å². The van der Waals surface area contributed by atoms with Gasteiger partial charge in [-0.1, -0.05) is 15.9 Å². The van der Waals surface area contributed by atoms with Crippen molar-refractivity contribution in [2.24, 2.45) is 11.5 Å². The van der Waals surface area contributed by atoms with Gasteiger partial charge in [-0.25, -0.2) is 0 Å². The smallest absolute Gasteiger partial charge is 0.252 e. The first-order chi connectivity index (χ1) is 8.60. The highest BCUT2D eigenvalue weighted by Crippen LogP contribution is 2.28. The van der Waals surface area contributed by atoms with Crippen molar-refractivity contribution < 1.29 is 14.3 Å². The molecule has 0 radical (unpaired) electrons. The van der Waals surface area contributed by atoms with Gasteiger partial charge in [0, 0.05) is 11.6 Å². The maximum Gasteiger partial charge on any atom is 0.252 e. The van der Waals surface area contributed by atoms with Gasteiger partial charge in [0.15, 0.2) is 0 Å². The first kappa shape index (κ1) is 14.9. The average Bonchev–Trinajstić information content (AvgIpc) is 2.31. The van der Waals surface area contributed by atoms with Gasteiger partial charge in [0.05, 0.1) is 12.2 Å². The molecule has 1 aromatic carbocycles. The molecular formula is C12H17BrN2O3. The second-order valence-corrected chi connectivity index (χ2v) is 4.60. The molecule has 1 rings (SSSR count). The Morgan fingerprint density at radius 2 is 2.11 bits per heavy atom. The summed E-state index contributed by atoms with van der Waals surface area (Å²) >= 11 is 3.34. The molecule has 100 valence electrons. The summed E-state index contributed by atoms with van der Waals surface area (Å²) in [7, 11) is 1.58. The van der Waals surface area contributed by atoms with Crippen LogP contribution in [0.1, 0.15) is 15.9 Å². The molecule has 0 unspecified atom stereocenters. The second kappa shape index (κ2) is 7.35. The fourth-order valence-electron chi connectivity index (χ4n) is 1.57. The van der Waals surface area contributed by atoms with E-state index in [9.17, 15) is 4.79 Å². The number of rotatable bonds is 7. The lowest BCUT2D eigenvalue weighted by Crippen LogP contribution is -2.17. The topological polar surface area (TPSA) is 87.6 Å². The standard InChI is InChI=1S/C12H17BrN2O3/c1-17-4-5-18-11-8(2-3-14)6-9(13)7-10(11)12(15)16/h6-7H,2-5,14H2,1H3,(H2,15,16). The van der Waals surface area contributed by atoms with Crippen LogP contribution < -0.4 is 16.2 Å². The fourth-order valence-corrected chi connectivity index (χ4v) is 2.08. The number of hydrogen-bond acceptors (Lipinski definition) is 4. The van der Waals surface area contributed by atoms with E-state index in [1.807, 2.05) is 6.07 Å². The third-order valence-electron chi connectivity index (χ3n) is 2.34. The van der Waals surface area contributed by atoms with Crippen LogP contribution in [0.25, 0.3) is 0 Å². The molecule has 1 amide bonds. The largest absolute Gasteiger partial charge is 0.490 e. The highest BCUT2D eigenvalue weighted by molar-refractivity contribution is 9.10. The number of carbonyl (C=O) groups is 1. The first-order valence-corrected chi connectivity index (χ1v) is 6.33. The summed E-state index contributed by atoms with van der Waals surface area (Å²) < 4.78 is 11.3. The molecule has 0 bridgehead atoms. The number of primary amides is 1. The van der Waals surface area contributed by atoms with Crippen molar-refractivity contribution in [3.8, 4) is 5.75 Å². The Morgan fingerprint density at radius 1 is 1.39 bits per heavy atom. The molecule has 0 fully saturated rings. The minimum absolute atomic E-state index is 0.351. The Hall–Kier alpha value is -1.11. The number of halogens is 1. The van der Waals surface area contributed by atoms with Crippen molar-refractivity contribution in [2.75, 3.05) is 26.9 Å². The number of methoxy groups -OCH3 is 1. The van der Waals surface area contributed by atoms with E-state index in [0.29, 0.717) is 37.5 Å². The van der Waals surface area contributed by atoms with E-state index in [0.717, 1.165) is 10.0 Å². The summed E-state index contributed by atoms with van der Waals surface area (Å²) in [6.07, 6.45) is 0.613. The van der Waals surface area contributed by atoms with Gasteiger partial charge in [-0.2, -0.15) is 0 Å². The molecule has 5 nitrogen and oxygen atoms in total. The van der Waals surface area contributed by atoms with Crippen LogP contribution in [0.4, 0.5) is 0 Å². The van der Waals surface area contributed by atoms with Crippen molar-refractivity contribution in [1.82, 2.24) is 0 Å². The van der Waals surface area contributed by atoms with E-state index in [4.69, 9.17) is 20.9 Å². The second-order valence-electron chi connectivity index (χ2n) is 3.69. The summed E-state index contributed by atoms with van der Waals surface area (Å²) in [5.41, 5.74) is 12.1. The van der Waals surface area contributed by atoms with Crippen molar-refractivity contribution in [3.05, 3.63) is 27.7 Å². The molecule has 4 N–H and O–H groups in total. The highest BCUT2D eigenvalue weighted by Gasteiger charge is 2.15. The van der Waals surface area contributed by atoms with Gasteiger partial charge in [-0.3, -0.25) is 4.79 Å². The molecule has 0 saturated carbocycles. The molecule has 0 spiro atoms. The molecule has 0 saturated heterocycles.